The molecule has 0 N–H and O–H groups in total. The van der Waals surface area contributed by atoms with Crippen molar-refractivity contribution in [2.24, 2.45) is 0 Å². The van der Waals surface area contributed by atoms with Crippen molar-refractivity contribution in [2.75, 3.05) is 6.26 Å². The smallest absolute Gasteiger partial charge is 0.210 e. The Morgan fingerprint density at radius 1 is 0.667 bits per heavy atom. The Kier molecular flexibility index (Phi) is 5.76. The third-order valence-electron chi connectivity index (χ3n) is 3.46. The van der Waals surface area contributed by atoms with Gasteiger partial charge in [0.2, 0.25) is 0 Å². The molecule has 102 valence electrons. The van der Waals surface area contributed by atoms with Crippen LogP contribution in [0.3, 0.4) is 0 Å². The Bertz CT molecular complexity index is 569. The van der Waals surface area contributed by atoms with Gasteiger partial charge in [-0.1, -0.05) is 18.2 Å². The van der Waals surface area contributed by atoms with Gasteiger partial charge in [-0.05, 0) is 23.3 Å². The normalized spacial score (nSPS) is 11.5. The molecule has 0 heterocycles. The molecule has 0 aromatic heterocycles. The van der Waals surface area contributed by atoms with Crippen molar-refractivity contribution in [2.45, 2.75) is 14.7 Å². The van der Waals surface area contributed by atoms with Gasteiger partial charge in [-0.3, -0.25) is 0 Å². The molecule has 0 amide bonds. The van der Waals surface area contributed by atoms with Crippen molar-refractivity contribution in [1.29, 1.82) is 0 Å². The van der Waals surface area contributed by atoms with E-state index in [0.29, 0.717) is 0 Å². The minimum atomic E-state index is -1.29. The summed E-state index contributed by atoms with van der Waals surface area (Å²) in [6.45, 7) is 0. The Hall–Kier alpha value is -0.938. The average Bonchev–Trinajstić information content (AvgIpc) is 2.56. The maximum atomic E-state index is 3.42. The molecule has 0 atom stereocenters. The van der Waals surface area contributed by atoms with E-state index in [4.69, 9.17) is 0 Å². The first-order valence-electron chi connectivity index (χ1n) is 6.59. The summed E-state index contributed by atoms with van der Waals surface area (Å²) in [7, 11) is -1.29. The molecule has 3 aromatic carbocycles. The number of rotatable bonds is 3. The molecule has 2 heteroatoms. The van der Waals surface area contributed by atoms with E-state index in [2.05, 4.69) is 73.0 Å². The summed E-state index contributed by atoms with van der Waals surface area (Å²) in [5, 5.41) is 0. The van der Waals surface area contributed by atoms with E-state index in [1.807, 2.05) is 24.3 Å². The Balaban J connectivity index is 0.00000161. The minimum absolute atomic E-state index is 0. The maximum Gasteiger partial charge on any atom is 2.00 e. The fourth-order valence-corrected chi connectivity index (χ4v) is 5.08. The first-order valence-corrected chi connectivity index (χ1v) is 8.63. The Morgan fingerprint density at radius 2 is 1.14 bits per heavy atom. The maximum absolute atomic E-state index is 3.42. The predicted molar refractivity (Wildman–Crippen MR) is 85.3 cm³/mol. The Morgan fingerprint density at radius 3 is 1.57 bits per heavy atom. The average molecular weight is 514 g/mol. The largest absolute Gasteiger partial charge is 2.00 e. The molecular weight excluding hydrogens is 498 g/mol. The second-order valence-corrected chi connectivity index (χ2v) is 7.87. The van der Waals surface area contributed by atoms with Gasteiger partial charge in [0.25, 0.3) is 0 Å². The molecule has 0 unspecified atom stereocenters. The van der Waals surface area contributed by atoms with Gasteiger partial charge in [-0.25, -0.2) is 10.0 Å². The van der Waals surface area contributed by atoms with Crippen molar-refractivity contribution in [1.82, 2.24) is 0 Å². The van der Waals surface area contributed by atoms with Gasteiger partial charge < -0.3 is 0 Å². The molecule has 0 aliphatic carbocycles. The molecule has 3 aromatic rings. The van der Waals surface area contributed by atoms with Crippen LogP contribution in [0, 0.1) is 43.2 Å². The SMILES string of the molecule is CS(c1[c-]cccc1)(c1[c-]cccc1)c1ccccc1.[U+2]. The minimum Gasteiger partial charge on any atom is -0.210 e. The van der Waals surface area contributed by atoms with Crippen LogP contribution in [0.5, 0.6) is 0 Å². The molecule has 0 aliphatic heterocycles. The molecule has 0 fully saturated rings. The molecule has 0 aliphatic rings. The van der Waals surface area contributed by atoms with Gasteiger partial charge >= 0.3 is 31.1 Å². The quantitative estimate of drug-likeness (QED) is 0.422. The van der Waals surface area contributed by atoms with E-state index in [1.54, 1.807) is 0 Å². The van der Waals surface area contributed by atoms with Crippen LogP contribution < -0.4 is 0 Å². The number of benzene rings is 3. The van der Waals surface area contributed by atoms with Crippen LogP contribution in [0.15, 0.2) is 93.5 Å². The molecule has 0 bridgehead atoms. The number of hydrogen-bond donors (Lipinski definition) is 0. The molecular formula is C19H16SU. The van der Waals surface area contributed by atoms with Gasteiger partial charge in [-0.2, -0.15) is 60.7 Å². The zero-order valence-corrected chi connectivity index (χ0v) is 16.9. The second-order valence-electron chi connectivity index (χ2n) is 4.69. The predicted octanol–water partition coefficient (Wildman–Crippen LogP) is 5.20. The van der Waals surface area contributed by atoms with Crippen molar-refractivity contribution < 1.29 is 31.1 Å². The van der Waals surface area contributed by atoms with Gasteiger partial charge in [0.1, 0.15) is 0 Å². The van der Waals surface area contributed by atoms with Crippen LogP contribution in [-0.4, -0.2) is 6.26 Å². The van der Waals surface area contributed by atoms with E-state index < -0.39 is 10.0 Å². The summed E-state index contributed by atoms with van der Waals surface area (Å²) >= 11 is 0. The Labute approximate surface area is 152 Å². The van der Waals surface area contributed by atoms with Gasteiger partial charge in [0, 0.05) is 0 Å². The molecule has 0 radical (unpaired) electrons. The standard InChI is InChI=1S/C19H16S.U/c1-20(17-11-5-2-6-12-17,18-13-7-3-8-14-18)19-15-9-4-10-16-19;/h2-13,15H,1H3;/q-2;+2. The van der Waals surface area contributed by atoms with E-state index >= 15 is 0 Å². The third kappa shape index (κ3) is 3.29. The molecule has 0 saturated carbocycles. The van der Waals surface area contributed by atoms with Crippen LogP contribution in [0.1, 0.15) is 0 Å². The van der Waals surface area contributed by atoms with Crippen molar-refractivity contribution in [3.8, 4) is 0 Å². The van der Waals surface area contributed by atoms with Gasteiger partial charge in [0.15, 0.2) is 0 Å². The van der Waals surface area contributed by atoms with E-state index in [-0.39, 0.29) is 31.1 Å². The summed E-state index contributed by atoms with van der Waals surface area (Å²) in [6, 6.07) is 34.1. The summed E-state index contributed by atoms with van der Waals surface area (Å²) < 4.78 is 0. The first-order chi connectivity index (χ1) is 9.82. The second kappa shape index (κ2) is 7.36. The summed E-state index contributed by atoms with van der Waals surface area (Å²) in [4.78, 5) is 3.83. The van der Waals surface area contributed by atoms with Crippen LogP contribution in [-0.2, 0) is 0 Å². The van der Waals surface area contributed by atoms with Crippen LogP contribution in [0.2, 0.25) is 0 Å². The molecule has 0 nitrogen and oxygen atoms in total. The number of hydrogen-bond acceptors (Lipinski definition) is 0. The van der Waals surface area contributed by atoms with Gasteiger partial charge in [-0.15, -0.1) is 9.79 Å². The molecule has 0 spiro atoms. The zero-order valence-electron chi connectivity index (χ0n) is 11.9. The van der Waals surface area contributed by atoms with Crippen LogP contribution in [0.4, 0.5) is 0 Å². The van der Waals surface area contributed by atoms with Gasteiger partial charge in [0.05, 0.1) is 0 Å². The van der Waals surface area contributed by atoms with E-state index in [1.165, 1.54) is 14.7 Å². The molecule has 3 rings (SSSR count). The van der Waals surface area contributed by atoms with Crippen molar-refractivity contribution in [3.63, 3.8) is 0 Å². The first kappa shape index (κ1) is 16.4. The van der Waals surface area contributed by atoms with Crippen LogP contribution in [0.25, 0.3) is 0 Å². The van der Waals surface area contributed by atoms with Crippen LogP contribution >= 0.6 is 10.0 Å². The third-order valence-corrected chi connectivity index (χ3v) is 6.94. The summed E-state index contributed by atoms with van der Waals surface area (Å²) in [6.07, 6.45) is 2.32. The van der Waals surface area contributed by atoms with E-state index in [9.17, 15) is 0 Å². The summed E-state index contributed by atoms with van der Waals surface area (Å²) in [5.74, 6) is 0. The molecule has 0 saturated heterocycles. The monoisotopic (exact) mass is 514 g/mol. The fourth-order valence-electron chi connectivity index (χ4n) is 2.33. The topological polar surface area (TPSA) is 0 Å². The van der Waals surface area contributed by atoms with Crippen molar-refractivity contribution in [3.05, 3.63) is 91.0 Å². The zero-order chi connectivity index (χ0) is 13.8. The molecule has 21 heavy (non-hydrogen) atoms. The van der Waals surface area contributed by atoms with E-state index in [0.717, 1.165) is 0 Å². The fraction of sp³-hybridized carbons (Fsp3) is 0.0526. The summed E-state index contributed by atoms with van der Waals surface area (Å²) in [5.41, 5.74) is 0. The van der Waals surface area contributed by atoms with Crippen molar-refractivity contribution >= 4 is 10.0 Å².